The molecule has 1 aromatic carbocycles. The first kappa shape index (κ1) is 12.4. The fourth-order valence-electron chi connectivity index (χ4n) is 2.27. The van der Waals surface area contributed by atoms with Gasteiger partial charge in [0, 0.05) is 22.9 Å². The third-order valence-electron chi connectivity index (χ3n) is 3.32. The summed E-state index contributed by atoms with van der Waals surface area (Å²) in [7, 11) is 0. The summed E-state index contributed by atoms with van der Waals surface area (Å²) in [5, 5.41) is 10.5. The average Bonchev–Trinajstić information content (AvgIpc) is 2.31. The van der Waals surface area contributed by atoms with Gasteiger partial charge in [-0.25, -0.2) is 0 Å². The average molecular weight is 268 g/mol. The maximum absolute atomic E-state index is 11.3. The minimum absolute atomic E-state index is 0.223. The SMILES string of the molecule is N#CC1(c2ccc(Cl)cc2Cl)CCC(=O)CC1. The summed E-state index contributed by atoms with van der Waals surface area (Å²) in [4.78, 5) is 11.3. The van der Waals surface area contributed by atoms with Crippen molar-refractivity contribution in [2.45, 2.75) is 31.1 Å². The molecule has 0 aliphatic heterocycles. The minimum atomic E-state index is -0.629. The Hall–Kier alpha value is -1.04. The van der Waals surface area contributed by atoms with E-state index < -0.39 is 5.41 Å². The minimum Gasteiger partial charge on any atom is -0.300 e. The molecule has 1 aliphatic carbocycles. The molecule has 0 amide bonds. The number of carbonyl (C=O) groups excluding carboxylic acids is 1. The highest BCUT2D eigenvalue weighted by molar-refractivity contribution is 6.35. The molecule has 0 aromatic heterocycles. The van der Waals surface area contributed by atoms with Crippen LogP contribution in [0, 0.1) is 11.3 Å². The number of ketones is 1. The van der Waals surface area contributed by atoms with Crippen LogP contribution in [0.25, 0.3) is 0 Å². The van der Waals surface area contributed by atoms with Crippen LogP contribution in [0.1, 0.15) is 31.2 Å². The van der Waals surface area contributed by atoms with E-state index in [1.807, 2.05) is 0 Å². The van der Waals surface area contributed by atoms with Crippen molar-refractivity contribution in [1.82, 2.24) is 0 Å². The van der Waals surface area contributed by atoms with Crippen LogP contribution in [0.3, 0.4) is 0 Å². The molecule has 0 atom stereocenters. The lowest BCUT2D eigenvalue weighted by atomic mass is 9.70. The molecule has 1 saturated carbocycles. The van der Waals surface area contributed by atoms with Crippen LogP contribution < -0.4 is 0 Å². The number of carbonyl (C=O) groups is 1. The van der Waals surface area contributed by atoms with Gasteiger partial charge < -0.3 is 0 Å². The van der Waals surface area contributed by atoms with Crippen LogP contribution in [0.2, 0.25) is 10.0 Å². The van der Waals surface area contributed by atoms with Crippen molar-refractivity contribution in [1.29, 1.82) is 5.26 Å². The Bertz CT molecular complexity index is 495. The van der Waals surface area contributed by atoms with E-state index in [2.05, 4.69) is 6.07 Å². The lowest BCUT2D eigenvalue weighted by Gasteiger charge is -2.31. The topological polar surface area (TPSA) is 40.9 Å². The molecular formula is C13H11Cl2NO. The number of halogens is 2. The normalized spacial score (nSPS) is 18.8. The van der Waals surface area contributed by atoms with Gasteiger partial charge in [-0.2, -0.15) is 5.26 Å². The standard InChI is InChI=1S/C13H11Cl2NO/c14-9-1-2-11(12(15)7-9)13(8-16)5-3-10(17)4-6-13/h1-2,7H,3-6H2. The molecule has 0 radical (unpaired) electrons. The molecule has 1 aliphatic rings. The second kappa shape index (κ2) is 4.68. The van der Waals surface area contributed by atoms with E-state index >= 15 is 0 Å². The van der Waals surface area contributed by atoms with Gasteiger partial charge in [0.2, 0.25) is 0 Å². The van der Waals surface area contributed by atoms with Crippen molar-refractivity contribution in [3.05, 3.63) is 33.8 Å². The van der Waals surface area contributed by atoms with Crippen molar-refractivity contribution in [3.63, 3.8) is 0 Å². The Labute approximate surface area is 110 Å². The zero-order valence-electron chi connectivity index (χ0n) is 9.17. The first-order chi connectivity index (χ1) is 8.07. The smallest absolute Gasteiger partial charge is 0.133 e. The van der Waals surface area contributed by atoms with Crippen molar-refractivity contribution in [2.24, 2.45) is 0 Å². The van der Waals surface area contributed by atoms with Gasteiger partial charge >= 0.3 is 0 Å². The maximum Gasteiger partial charge on any atom is 0.133 e. The number of benzene rings is 1. The van der Waals surface area contributed by atoms with E-state index in [1.165, 1.54) is 0 Å². The molecule has 17 heavy (non-hydrogen) atoms. The highest BCUT2D eigenvalue weighted by Crippen LogP contribution is 2.41. The fourth-order valence-corrected chi connectivity index (χ4v) is 2.86. The second-order valence-electron chi connectivity index (χ2n) is 4.36. The molecule has 1 aromatic rings. The summed E-state index contributed by atoms with van der Waals surface area (Å²) in [6.07, 6.45) is 1.99. The molecule has 4 heteroatoms. The van der Waals surface area contributed by atoms with Gasteiger partial charge in [0.1, 0.15) is 5.78 Å². The number of nitriles is 1. The summed E-state index contributed by atoms with van der Waals surface area (Å²) in [5.74, 6) is 0.223. The van der Waals surface area contributed by atoms with Crippen molar-refractivity contribution >= 4 is 29.0 Å². The molecule has 0 saturated heterocycles. The third kappa shape index (κ3) is 2.31. The predicted molar refractivity (Wildman–Crippen MR) is 67.2 cm³/mol. The van der Waals surface area contributed by atoms with Gasteiger partial charge in [-0.15, -0.1) is 0 Å². The molecule has 0 N–H and O–H groups in total. The Balaban J connectivity index is 2.42. The van der Waals surface area contributed by atoms with E-state index in [0.717, 1.165) is 5.56 Å². The van der Waals surface area contributed by atoms with Gasteiger partial charge in [0.25, 0.3) is 0 Å². The molecule has 0 heterocycles. The predicted octanol–water partition coefficient (Wildman–Crippen LogP) is 3.90. The van der Waals surface area contributed by atoms with E-state index in [-0.39, 0.29) is 5.78 Å². The van der Waals surface area contributed by atoms with Crippen LogP contribution in [-0.2, 0) is 10.2 Å². The highest BCUT2D eigenvalue weighted by Gasteiger charge is 2.38. The first-order valence-electron chi connectivity index (χ1n) is 5.46. The first-order valence-corrected chi connectivity index (χ1v) is 6.21. The molecule has 88 valence electrons. The lowest BCUT2D eigenvalue weighted by Crippen LogP contribution is -2.30. The fraction of sp³-hybridized carbons (Fsp3) is 0.385. The Morgan fingerprint density at radius 1 is 1.24 bits per heavy atom. The van der Waals surface area contributed by atoms with Crippen LogP contribution in [0.5, 0.6) is 0 Å². The molecule has 2 nitrogen and oxygen atoms in total. The number of Topliss-reactive ketones (excluding diaryl/α,β-unsaturated/α-hetero) is 1. The quantitative estimate of drug-likeness (QED) is 0.775. The molecular weight excluding hydrogens is 257 g/mol. The summed E-state index contributed by atoms with van der Waals surface area (Å²) < 4.78 is 0. The van der Waals surface area contributed by atoms with E-state index in [4.69, 9.17) is 23.2 Å². The Morgan fingerprint density at radius 3 is 2.41 bits per heavy atom. The van der Waals surface area contributed by atoms with Gasteiger partial charge in [-0.3, -0.25) is 4.79 Å². The molecule has 0 unspecified atom stereocenters. The second-order valence-corrected chi connectivity index (χ2v) is 5.20. The van der Waals surface area contributed by atoms with Crippen LogP contribution in [0.4, 0.5) is 0 Å². The largest absolute Gasteiger partial charge is 0.300 e. The van der Waals surface area contributed by atoms with Gasteiger partial charge in [0.15, 0.2) is 0 Å². The number of rotatable bonds is 1. The van der Waals surface area contributed by atoms with Crippen LogP contribution >= 0.6 is 23.2 Å². The van der Waals surface area contributed by atoms with Crippen LogP contribution in [-0.4, -0.2) is 5.78 Å². The van der Waals surface area contributed by atoms with Crippen molar-refractivity contribution in [3.8, 4) is 6.07 Å². The maximum atomic E-state index is 11.3. The molecule has 0 spiro atoms. The van der Waals surface area contributed by atoms with Crippen molar-refractivity contribution in [2.75, 3.05) is 0 Å². The Morgan fingerprint density at radius 2 is 1.88 bits per heavy atom. The summed E-state index contributed by atoms with van der Waals surface area (Å²) in [5.41, 5.74) is 0.161. The number of hydrogen-bond donors (Lipinski definition) is 0. The summed E-state index contributed by atoms with van der Waals surface area (Å²) in [6.45, 7) is 0. The van der Waals surface area contributed by atoms with Gasteiger partial charge in [0.05, 0.1) is 11.5 Å². The van der Waals surface area contributed by atoms with E-state index in [1.54, 1.807) is 18.2 Å². The zero-order chi connectivity index (χ0) is 12.5. The molecule has 1 fully saturated rings. The molecule has 2 rings (SSSR count). The van der Waals surface area contributed by atoms with Crippen LogP contribution in [0.15, 0.2) is 18.2 Å². The number of nitrogens with zero attached hydrogens (tertiary/aromatic N) is 1. The summed E-state index contributed by atoms with van der Waals surface area (Å²) in [6, 6.07) is 7.51. The van der Waals surface area contributed by atoms with Crippen molar-refractivity contribution < 1.29 is 4.79 Å². The van der Waals surface area contributed by atoms with E-state index in [0.29, 0.717) is 35.7 Å². The Kier molecular flexibility index (Phi) is 3.42. The lowest BCUT2D eigenvalue weighted by molar-refractivity contribution is -0.120. The van der Waals surface area contributed by atoms with Gasteiger partial charge in [-0.1, -0.05) is 29.3 Å². The highest BCUT2D eigenvalue weighted by atomic mass is 35.5. The zero-order valence-corrected chi connectivity index (χ0v) is 10.7. The summed E-state index contributed by atoms with van der Waals surface area (Å²) >= 11 is 12.0. The third-order valence-corrected chi connectivity index (χ3v) is 3.87. The molecule has 0 bridgehead atoms. The van der Waals surface area contributed by atoms with Gasteiger partial charge in [-0.05, 0) is 30.5 Å². The monoisotopic (exact) mass is 267 g/mol. The number of hydrogen-bond acceptors (Lipinski definition) is 2. The van der Waals surface area contributed by atoms with E-state index in [9.17, 15) is 10.1 Å².